The summed E-state index contributed by atoms with van der Waals surface area (Å²) in [5.74, 6) is -0.902. The minimum absolute atomic E-state index is 0.327. The molecular weight excluding hydrogens is 202 g/mol. The molecule has 0 spiro atoms. The van der Waals surface area contributed by atoms with Crippen molar-refractivity contribution in [3.63, 3.8) is 0 Å². The third-order valence-corrected chi connectivity index (χ3v) is 2.24. The van der Waals surface area contributed by atoms with E-state index in [1.54, 1.807) is 24.4 Å². The summed E-state index contributed by atoms with van der Waals surface area (Å²) in [6, 6.07) is 6.94. The van der Waals surface area contributed by atoms with Crippen LogP contribution >= 0.6 is 0 Å². The summed E-state index contributed by atoms with van der Waals surface area (Å²) >= 11 is 0. The Morgan fingerprint density at radius 1 is 1.19 bits per heavy atom. The predicted molar refractivity (Wildman–Crippen MR) is 64.8 cm³/mol. The van der Waals surface area contributed by atoms with E-state index in [-0.39, 0.29) is 0 Å². The van der Waals surface area contributed by atoms with Gasteiger partial charge < -0.3 is 5.11 Å². The van der Waals surface area contributed by atoms with Crippen LogP contribution in [0.2, 0.25) is 0 Å². The average Bonchev–Trinajstić information content (AvgIpc) is 2.31. The van der Waals surface area contributed by atoms with E-state index in [1.807, 2.05) is 26.8 Å². The molecule has 2 aromatic rings. The van der Waals surface area contributed by atoms with Gasteiger partial charge in [-0.1, -0.05) is 26.0 Å². The molecule has 2 rings (SSSR count). The van der Waals surface area contributed by atoms with Crippen LogP contribution in [0, 0.1) is 6.92 Å². The second kappa shape index (κ2) is 5.26. The van der Waals surface area contributed by atoms with Gasteiger partial charge in [0, 0.05) is 17.3 Å². The number of nitrogens with zero attached hydrogens (tertiary/aromatic N) is 1. The summed E-state index contributed by atoms with van der Waals surface area (Å²) < 4.78 is 0. The van der Waals surface area contributed by atoms with Crippen molar-refractivity contribution in [2.45, 2.75) is 20.8 Å². The molecule has 1 aromatic heterocycles. The largest absolute Gasteiger partial charge is 0.478 e. The lowest BCUT2D eigenvalue weighted by Gasteiger charge is -2.03. The number of carbonyl (C=O) groups is 1. The van der Waals surface area contributed by atoms with Crippen molar-refractivity contribution in [1.82, 2.24) is 4.98 Å². The van der Waals surface area contributed by atoms with Gasteiger partial charge in [-0.05, 0) is 24.4 Å². The standard InChI is InChI=1S/C11H9NO2.C2H6/c1-7-8-3-2-4-10(11(13)14)9(8)5-6-12-7;1-2/h2-6H,1H3,(H,13,14);1-2H3. The van der Waals surface area contributed by atoms with Crippen molar-refractivity contribution in [1.29, 1.82) is 0 Å². The van der Waals surface area contributed by atoms with E-state index < -0.39 is 5.97 Å². The van der Waals surface area contributed by atoms with Crippen LogP contribution < -0.4 is 0 Å². The van der Waals surface area contributed by atoms with Crippen LogP contribution in [0.1, 0.15) is 29.9 Å². The number of carboxylic acid groups (broad SMARTS) is 1. The zero-order valence-electron chi connectivity index (χ0n) is 9.69. The molecule has 1 N–H and O–H groups in total. The van der Waals surface area contributed by atoms with Crippen molar-refractivity contribution in [3.05, 3.63) is 41.7 Å². The maximum Gasteiger partial charge on any atom is 0.336 e. The molecular formula is C13H15NO2. The first kappa shape index (κ1) is 12.2. The Morgan fingerprint density at radius 2 is 1.88 bits per heavy atom. The van der Waals surface area contributed by atoms with Crippen molar-refractivity contribution >= 4 is 16.7 Å². The zero-order valence-corrected chi connectivity index (χ0v) is 9.69. The number of carboxylic acids is 1. The molecule has 0 unspecified atom stereocenters. The molecule has 0 fully saturated rings. The van der Waals surface area contributed by atoms with Gasteiger partial charge in [0.15, 0.2) is 0 Å². The SMILES string of the molecule is CC.Cc1nccc2c(C(=O)O)cccc12. The first-order valence-corrected chi connectivity index (χ1v) is 5.28. The predicted octanol–water partition coefficient (Wildman–Crippen LogP) is 3.27. The molecule has 0 atom stereocenters. The molecule has 0 amide bonds. The minimum Gasteiger partial charge on any atom is -0.478 e. The van der Waals surface area contributed by atoms with Gasteiger partial charge in [-0.25, -0.2) is 4.79 Å². The Hall–Kier alpha value is -1.90. The second-order valence-corrected chi connectivity index (χ2v) is 3.10. The summed E-state index contributed by atoms with van der Waals surface area (Å²) in [4.78, 5) is 15.0. The Bertz CT molecular complexity index is 506. The molecule has 0 aliphatic heterocycles. The van der Waals surface area contributed by atoms with Gasteiger partial charge in [0.05, 0.1) is 5.56 Å². The molecule has 0 saturated heterocycles. The molecule has 1 heterocycles. The summed E-state index contributed by atoms with van der Waals surface area (Å²) in [7, 11) is 0. The third-order valence-electron chi connectivity index (χ3n) is 2.24. The first-order chi connectivity index (χ1) is 7.70. The molecule has 0 aliphatic carbocycles. The van der Waals surface area contributed by atoms with Gasteiger partial charge in [0.1, 0.15) is 0 Å². The Labute approximate surface area is 94.8 Å². The van der Waals surface area contributed by atoms with Crippen LogP contribution in [0.4, 0.5) is 0 Å². The van der Waals surface area contributed by atoms with Gasteiger partial charge in [-0.3, -0.25) is 4.98 Å². The number of hydrogen-bond donors (Lipinski definition) is 1. The van der Waals surface area contributed by atoms with Crippen LogP contribution in [0.15, 0.2) is 30.5 Å². The molecule has 1 aromatic carbocycles. The highest BCUT2D eigenvalue weighted by atomic mass is 16.4. The number of rotatable bonds is 1. The van der Waals surface area contributed by atoms with Crippen molar-refractivity contribution in [2.24, 2.45) is 0 Å². The van der Waals surface area contributed by atoms with E-state index in [1.165, 1.54) is 0 Å². The van der Waals surface area contributed by atoms with Crippen molar-refractivity contribution in [3.8, 4) is 0 Å². The maximum absolute atomic E-state index is 10.9. The molecule has 0 aliphatic rings. The van der Waals surface area contributed by atoms with Gasteiger partial charge in [-0.2, -0.15) is 0 Å². The van der Waals surface area contributed by atoms with Crippen LogP contribution in [0.3, 0.4) is 0 Å². The molecule has 84 valence electrons. The van der Waals surface area contributed by atoms with Crippen LogP contribution in [0.5, 0.6) is 0 Å². The number of aromatic carboxylic acids is 1. The second-order valence-electron chi connectivity index (χ2n) is 3.10. The molecule has 16 heavy (non-hydrogen) atoms. The highest BCUT2D eigenvalue weighted by Crippen LogP contribution is 2.20. The summed E-state index contributed by atoms with van der Waals surface area (Å²) in [5.41, 5.74) is 1.18. The molecule has 0 saturated carbocycles. The van der Waals surface area contributed by atoms with Crippen LogP contribution in [-0.4, -0.2) is 16.1 Å². The molecule has 0 bridgehead atoms. The molecule has 3 nitrogen and oxygen atoms in total. The van der Waals surface area contributed by atoms with E-state index in [2.05, 4.69) is 4.98 Å². The number of fused-ring (bicyclic) bond motifs is 1. The fraction of sp³-hybridized carbons (Fsp3) is 0.231. The summed E-state index contributed by atoms with van der Waals surface area (Å²) in [6.45, 7) is 5.87. The highest BCUT2D eigenvalue weighted by Gasteiger charge is 2.08. The minimum atomic E-state index is -0.902. The smallest absolute Gasteiger partial charge is 0.336 e. The fourth-order valence-electron chi connectivity index (χ4n) is 1.54. The van der Waals surface area contributed by atoms with E-state index in [0.29, 0.717) is 5.56 Å². The van der Waals surface area contributed by atoms with E-state index in [9.17, 15) is 4.79 Å². The van der Waals surface area contributed by atoms with E-state index in [4.69, 9.17) is 5.11 Å². The number of pyridine rings is 1. The number of aryl methyl sites for hydroxylation is 1. The topological polar surface area (TPSA) is 50.2 Å². The Morgan fingerprint density at radius 3 is 2.50 bits per heavy atom. The average molecular weight is 217 g/mol. The molecule has 0 radical (unpaired) electrons. The number of aromatic nitrogens is 1. The molecule has 3 heteroatoms. The third kappa shape index (κ3) is 2.19. The summed E-state index contributed by atoms with van der Waals surface area (Å²) in [6.07, 6.45) is 1.63. The number of benzene rings is 1. The van der Waals surface area contributed by atoms with Gasteiger partial charge in [0.2, 0.25) is 0 Å². The Kier molecular flexibility index (Phi) is 4.00. The van der Waals surface area contributed by atoms with Gasteiger partial charge >= 0.3 is 5.97 Å². The van der Waals surface area contributed by atoms with Crippen molar-refractivity contribution < 1.29 is 9.90 Å². The van der Waals surface area contributed by atoms with E-state index in [0.717, 1.165) is 16.5 Å². The maximum atomic E-state index is 10.9. The lowest BCUT2D eigenvalue weighted by atomic mass is 10.0. The normalized spacial score (nSPS) is 9.44. The Balaban J connectivity index is 0.000000606. The van der Waals surface area contributed by atoms with E-state index >= 15 is 0 Å². The van der Waals surface area contributed by atoms with Gasteiger partial charge in [0.25, 0.3) is 0 Å². The van der Waals surface area contributed by atoms with Crippen LogP contribution in [-0.2, 0) is 0 Å². The fourth-order valence-corrected chi connectivity index (χ4v) is 1.54. The lowest BCUT2D eigenvalue weighted by molar-refractivity contribution is 0.0699. The highest BCUT2D eigenvalue weighted by molar-refractivity contribution is 6.04. The monoisotopic (exact) mass is 217 g/mol. The quantitative estimate of drug-likeness (QED) is 0.797. The lowest BCUT2D eigenvalue weighted by Crippen LogP contribution is -1.98. The van der Waals surface area contributed by atoms with Gasteiger partial charge in [-0.15, -0.1) is 0 Å². The summed E-state index contributed by atoms with van der Waals surface area (Å²) in [5, 5.41) is 10.6. The first-order valence-electron chi connectivity index (χ1n) is 5.28. The zero-order chi connectivity index (χ0) is 12.1. The van der Waals surface area contributed by atoms with Crippen molar-refractivity contribution in [2.75, 3.05) is 0 Å². The van der Waals surface area contributed by atoms with Crippen LogP contribution in [0.25, 0.3) is 10.8 Å². The number of hydrogen-bond acceptors (Lipinski definition) is 2.